The highest BCUT2D eigenvalue weighted by molar-refractivity contribution is 9.10. The number of carbonyl (C=O) groups is 1. The summed E-state index contributed by atoms with van der Waals surface area (Å²) in [4.78, 5) is 12.8. The molecule has 0 atom stereocenters. The van der Waals surface area contributed by atoms with Crippen LogP contribution in [0.2, 0.25) is 0 Å². The van der Waals surface area contributed by atoms with Crippen molar-refractivity contribution < 1.29 is 19.0 Å². The number of carbonyl (C=O) groups excluding carboxylic acids is 1. The lowest BCUT2D eigenvalue weighted by atomic mass is 9.99. The molecule has 0 spiro atoms. The minimum absolute atomic E-state index is 0.00946. The molecule has 24 heavy (non-hydrogen) atoms. The lowest BCUT2D eigenvalue weighted by Gasteiger charge is -2.09. The van der Waals surface area contributed by atoms with Crippen LogP contribution >= 0.6 is 15.9 Å². The van der Waals surface area contributed by atoms with E-state index in [1.54, 1.807) is 20.3 Å². The van der Waals surface area contributed by atoms with Gasteiger partial charge in [-0.05, 0) is 42.0 Å². The second-order valence-electron chi connectivity index (χ2n) is 5.35. The Bertz CT molecular complexity index is 811. The number of halogens is 1. The van der Waals surface area contributed by atoms with Gasteiger partial charge in [-0.3, -0.25) is 4.79 Å². The SMILES string of the molecule is COc1ccc(C=C2CCOc3cc(Br)ccc3C2=O)cc1OC. The smallest absolute Gasteiger partial charge is 0.192 e. The molecular formula is C19H17BrO4. The molecule has 0 fully saturated rings. The van der Waals surface area contributed by atoms with Gasteiger partial charge in [0.15, 0.2) is 17.3 Å². The van der Waals surface area contributed by atoms with Crippen LogP contribution in [0.1, 0.15) is 22.3 Å². The number of fused-ring (bicyclic) bond motifs is 1. The second-order valence-corrected chi connectivity index (χ2v) is 6.27. The normalized spacial score (nSPS) is 15.5. The van der Waals surface area contributed by atoms with Gasteiger partial charge in [-0.2, -0.15) is 0 Å². The molecule has 124 valence electrons. The van der Waals surface area contributed by atoms with E-state index in [4.69, 9.17) is 14.2 Å². The predicted octanol–water partition coefficient (Wildman–Crippen LogP) is 4.52. The van der Waals surface area contributed by atoms with Crippen molar-refractivity contribution in [3.8, 4) is 17.2 Å². The Balaban J connectivity index is 1.98. The maximum atomic E-state index is 12.8. The fourth-order valence-corrected chi connectivity index (χ4v) is 2.98. The van der Waals surface area contributed by atoms with Crippen molar-refractivity contribution in [2.75, 3.05) is 20.8 Å². The van der Waals surface area contributed by atoms with Gasteiger partial charge in [-0.1, -0.05) is 22.0 Å². The van der Waals surface area contributed by atoms with Crippen LogP contribution in [0.3, 0.4) is 0 Å². The van der Waals surface area contributed by atoms with E-state index in [9.17, 15) is 4.79 Å². The van der Waals surface area contributed by atoms with Gasteiger partial charge in [-0.15, -0.1) is 0 Å². The highest BCUT2D eigenvalue weighted by atomic mass is 79.9. The van der Waals surface area contributed by atoms with Crippen LogP contribution in [0, 0.1) is 0 Å². The highest BCUT2D eigenvalue weighted by Gasteiger charge is 2.21. The van der Waals surface area contributed by atoms with Crippen molar-refractivity contribution in [2.24, 2.45) is 0 Å². The summed E-state index contributed by atoms with van der Waals surface area (Å²) in [7, 11) is 3.19. The van der Waals surface area contributed by atoms with E-state index < -0.39 is 0 Å². The predicted molar refractivity (Wildman–Crippen MR) is 96.1 cm³/mol. The van der Waals surface area contributed by atoms with E-state index >= 15 is 0 Å². The number of hydrogen-bond donors (Lipinski definition) is 0. The molecule has 1 aliphatic rings. The van der Waals surface area contributed by atoms with Crippen LogP contribution < -0.4 is 14.2 Å². The number of benzene rings is 2. The van der Waals surface area contributed by atoms with Crippen LogP contribution in [0.5, 0.6) is 17.2 Å². The van der Waals surface area contributed by atoms with Crippen molar-refractivity contribution in [3.63, 3.8) is 0 Å². The Morgan fingerprint density at radius 2 is 1.88 bits per heavy atom. The largest absolute Gasteiger partial charge is 0.493 e. The van der Waals surface area contributed by atoms with E-state index in [0.717, 1.165) is 10.0 Å². The average Bonchev–Trinajstić information content (AvgIpc) is 2.74. The van der Waals surface area contributed by atoms with Gasteiger partial charge in [0.1, 0.15) is 5.75 Å². The summed E-state index contributed by atoms with van der Waals surface area (Å²) in [6.07, 6.45) is 2.43. The van der Waals surface area contributed by atoms with Gasteiger partial charge in [0.25, 0.3) is 0 Å². The molecule has 0 radical (unpaired) electrons. The number of Topliss-reactive ketones (excluding diaryl/α,β-unsaturated/α-hetero) is 1. The lowest BCUT2D eigenvalue weighted by molar-refractivity contribution is 0.103. The summed E-state index contributed by atoms with van der Waals surface area (Å²) >= 11 is 3.40. The Morgan fingerprint density at radius 1 is 1.08 bits per heavy atom. The summed E-state index contributed by atoms with van der Waals surface area (Å²) in [5.74, 6) is 1.90. The van der Waals surface area contributed by atoms with Crippen LogP contribution in [0.15, 0.2) is 46.4 Å². The van der Waals surface area contributed by atoms with Gasteiger partial charge in [0.2, 0.25) is 0 Å². The molecule has 0 N–H and O–H groups in total. The quantitative estimate of drug-likeness (QED) is 0.725. The van der Waals surface area contributed by atoms with Gasteiger partial charge < -0.3 is 14.2 Å². The number of rotatable bonds is 3. The minimum atomic E-state index is -0.00946. The standard InChI is InChI=1S/C19H17BrO4/c1-22-16-6-3-12(10-18(16)23-2)9-13-7-8-24-17-11-14(20)4-5-15(17)19(13)21/h3-6,9-11H,7-8H2,1-2H3. The molecule has 0 amide bonds. The Hall–Kier alpha value is -2.27. The van der Waals surface area contributed by atoms with Gasteiger partial charge >= 0.3 is 0 Å². The third-order valence-electron chi connectivity index (χ3n) is 3.86. The molecule has 0 saturated heterocycles. The van der Waals surface area contributed by atoms with Crippen molar-refractivity contribution in [2.45, 2.75) is 6.42 Å². The number of hydrogen-bond acceptors (Lipinski definition) is 4. The van der Waals surface area contributed by atoms with E-state index in [1.165, 1.54) is 0 Å². The molecule has 0 bridgehead atoms. The van der Waals surface area contributed by atoms with Crippen LogP contribution in [-0.4, -0.2) is 26.6 Å². The fourth-order valence-electron chi connectivity index (χ4n) is 2.64. The topological polar surface area (TPSA) is 44.8 Å². The summed E-state index contributed by atoms with van der Waals surface area (Å²) < 4.78 is 17.2. The van der Waals surface area contributed by atoms with E-state index in [2.05, 4.69) is 15.9 Å². The monoisotopic (exact) mass is 388 g/mol. The van der Waals surface area contributed by atoms with E-state index in [-0.39, 0.29) is 5.78 Å². The summed E-state index contributed by atoms with van der Waals surface area (Å²) in [5, 5.41) is 0. The molecule has 0 aliphatic carbocycles. The van der Waals surface area contributed by atoms with Crippen LogP contribution in [0.25, 0.3) is 6.08 Å². The number of ether oxygens (including phenoxy) is 3. The highest BCUT2D eigenvalue weighted by Crippen LogP contribution is 2.32. The third-order valence-corrected chi connectivity index (χ3v) is 4.35. The van der Waals surface area contributed by atoms with E-state index in [0.29, 0.717) is 41.4 Å². The lowest BCUT2D eigenvalue weighted by Crippen LogP contribution is -2.02. The third kappa shape index (κ3) is 3.31. The zero-order chi connectivity index (χ0) is 17.1. The molecule has 5 heteroatoms. The first-order chi connectivity index (χ1) is 11.6. The van der Waals surface area contributed by atoms with Gasteiger partial charge in [0, 0.05) is 16.5 Å². The maximum absolute atomic E-state index is 12.8. The Labute approximate surface area is 149 Å². The molecule has 0 saturated carbocycles. The molecule has 0 aromatic heterocycles. The summed E-state index contributed by atoms with van der Waals surface area (Å²) in [5.41, 5.74) is 2.18. The summed E-state index contributed by atoms with van der Waals surface area (Å²) in [6.45, 7) is 0.467. The molecular weight excluding hydrogens is 372 g/mol. The van der Waals surface area contributed by atoms with Crippen molar-refractivity contribution in [1.29, 1.82) is 0 Å². The van der Waals surface area contributed by atoms with Gasteiger partial charge in [0.05, 0.1) is 26.4 Å². The van der Waals surface area contributed by atoms with Gasteiger partial charge in [-0.25, -0.2) is 0 Å². The first kappa shape index (κ1) is 16.6. The zero-order valence-corrected chi connectivity index (χ0v) is 15.1. The summed E-state index contributed by atoms with van der Waals surface area (Å²) in [6, 6.07) is 11.0. The van der Waals surface area contributed by atoms with E-state index in [1.807, 2.05) is 36.4 Å². The molecule has 1 aliphatic heterocycles. The first-order valence-electron chi connectivity index (χ1n) is 7.52. The number of methoxy groups -OCH3 is 2. The maximum Gasteiger partial charge on any atom is 0.192 e. The van der Waals surface area contributed by atoms with Crippen molar-refractivity contribution in [1.82, 2.24) is 0 Å². The van der Waals surface area contributed by atoms with Crippen molar-refractivity contribution in [3.05, 3.63) is 57.6 Å². The fraction of sp³-hybridized carbons (Fsp3) is 0.211. The minimum Gasteiger partial charge on any atom is -0.493 e. The molecule has 3 rings (SSSR count). The average molecular weight is 389 g/mol. The molecule has 1 heterocycles. The molecule has 2 aromatic rings. The van der Waals surface area contributed by atoms with Crippen molar-refractivity contribution >= 4 is 27.8 Å². The Morgan fingerprint density at radius 3 is 2.62 bits per heavy atom. The number of ketones is 1. The molecule has 2 aromatic carbocycles. The van der Waals surface area contributed by atoms with Crippen LogP contribution in [-0.2, 0) is 0 Å². The second kappa shape index (κ2) is 7.09. The molecule has 0 unspecified atom stereocenters. The van der Waals surface area contributed by atoms with Crippen LogP contribution in [0.4, 0.5) is 0 Å². The molecule has 4 nitrogen and oxygen atoms in total. The Kier molecular flexibility index (Phi) is 4.90. The first-order valence-corrected chi connectivity index (χ1v) is 8.31. The zero-order valence-electron chi connectivity index (χ0n) is 13.5.